The molecule has 98 valence electrons. The van der Waals surface area contributed by atoms with Crippen molar-refractivity contribution >= 4 is 19.7 Å². The summed E-state index contributed by atoms with van der Waals surface area (Å²) in [7, 11) is 0.789. The average molecular weight is 295 g/mol. The summed E-state index contributed by atoms with van der Waals surface area (Å²) >= 11 is 0. The third-order valence-corrected chi connectivity index (χ3v) is 3.21. The van der Waals surface area contributed by atoms with E-state index in [-0.39, 0.29) is 13.0 Å². The van der Waals surface area contributed by atoms with Crippen LogP contribution in [0.1, 0.15) is 13.3 Å². The molecule has 0 heterocycles. The molecule has 0 amide bonds. The summed E-state index contributed by atoms with van der Waals surface area (Å²) in [5.41, 5.74) is 0. The van der Waals surface area contributed by atoms with Gasteiger partial charge in [0.2, 0.25) is 0 Å². The number of halogens is 3. The molecule has 0 N–H and O–H groups in total. The number of ether oxygens (including phenoxy) is 1. The third-order valence-electron chi connectivity index (χ3n) is 1.89. The zero-order valence-electron chi connectivity index (χ0n) is 9.34. The van der Waals surface area contributed by atoms with Gasteiger partial charge in [0.25, 0.3) is 9.05 Å². The summed E-state index contributed by atoms with van der Waals surface area (Å²) in [6, 6.07) is 1.12. The second kappa shape index (κ2) is 6.03. The molecule has 0 aliphatic heterocycles. The number of benzene rings is 1. The van der Waals surface area contributed by atoms with Crippen LogP contribution in [0.5, 0.6) is 5.75 Å². The van der Waals surface area contributed by atoms with Crippen molar-refractivity contribution in [2.45, 2.75) is 18.2 Å². The third kappa shape index (κ3) is 3.86. The topological polar surface area (TPSA) is 43.4 Å². The predicted octanol–water partition coefficient (Wildman–Crippen LogP) is 2.68. The van der Waals surface area contributed by atoms with Crippen molar-refractivity contribution < 1.29 is 21.9 Å². The normalized spacial score (nSPS) is 10.7. The van der Waals surface area contributed by atoms with E-state index >= 15 is 0 Å². The zero-order chi connectivity index (χ0) is 13.8. The van der Waals surface area contributed by atoms with Crippen LogP contribution in [-0.4, -0.2) is 15.0 Å². The SMILES string of the molecule is CC#CCCOc1c(F)cc(F)cc1S(=O)(=O)Cl. The lowest BCUT2D eigenvalue weighted by atomic mass is 10.3. The van der Waals surface area contributed by atoms with Crippen molar-refractivity contribution in [2.75, 3.05) is 6.61 Å². The van der Waals surface area contributed by atoms with Gasteiger partial charge in [-0.3, -0.25) is 0 Å². The first kappa shape index (κ1) is 14.7. The quantitative estimate of drug-likeness (QED) is 0.487. The molecule has 0 fully saturated rings. The Morgan fingerprint density at radius 3 is 2.61 bits per heavy atom. The van der Waals surface area contributed by atoms with E-state index in [0.717, 1.165) is 0 Å². The van der Waals surface area contributed by atoms with Crippen molar-refractivity contribution in [2.24, 2.45) is 0 Å². The molecule has 1 aromatic rings. The molecule has 0 unspecified atom stereocenters. The summed E-state index contributed by atoms with van der Waals surface area (Å²) < 4.78 is 53.7. The minimum atomic E-state index is -4.29. The lowest BCUT2D eigenvalue weighted by Gasteiger charge is -2.09. The van der Waals surface area contributed by atoms with Gasteiger partial charge in [-0.15, -0.1) is 11.8 Å². The van der Waals surface area contributed by atoms with Gasteiger partial charge in [-0.25, -0.2) is 17.2 Å². The van der Waals surface area contributed by atoms with Gasteiger partial charge in [0.1, 0.15) is 10.7 Å². The fourth-order valence-electron chi connectivity index (χ4n) is 1.19. The van der Waals surface area contributed by atoms with Gasteiger partial charge < -0.3 is 4.74 Å². The predicted molar refractivity (Wildman–Crippen MR) is 63.0 cm³/mol. The van der Waals surface area contributed by atoms with Gasteiger partial charge in [0.05, 0.1) is 6.61 Å². The van der Waals surface area contributed by atoms with Crippen molar-refractivity contribution in [1.82, 2.24) is 0 Å². The van der Waals surface area contributed by atoms with Gasteiger partial charge in [-0.2, -0.15) is 0 Å². The molecule has 3 nitrogen and oxygen atoms in total. The maximum absolute atomic E-state index is 13.4. The van der Waals surface area contributed by atoms with Gasteiger partial charge in [-0.05, 0) is 13.0 Å². The van der Waals surface area contributed by atoms with E-state index in [2.05, 4.69) is 11.8 Å². The van der Waals surface area contributed by atoms with E-state index in [1.165, 1.54) is 0 Å². The highest BCUT2D eigenvalue weighted by Gasteiger charge is 2.22. The zero-order valence-corrected chi connectivity index (χ0v) is 10.9. The van der Waals surface area contributed by atoms with Gasteiger partial charge in [-0.1, -0.05) is 0 Å². The molecule has 0 radical (unpaired) electrons. The maximum Gasteiger partial charge on any atom is 0.265 e. The molecule has 0 aliphatic carbocycles. The van der Waals surface area contributed by atoms with E-state index in [0.29, 0.717) is 12.1 Å². The first-order chi connectivity index (χ1) is 8.36. The van der Waals surface area contributed by atoms with Crippen LogP contribution in [0.15, 0.2) is 17.0 Å². The van der Waals surface area contributed by atoms with Crippen molar-refractivity contribution in [3.63, 3.8) is 0 Å². The van der Waals surface area contributed by atoms with Crippen LogP contribution in [0, 0.1) is 23.5 Å². The van der Waals surface area contributed by atoms with Gasteiger partial charge >= 0.3 is 0 Å². The molecule has 18 heavy (non-hydrogen) atoms. The molecular formula is C11H9ClF2O3S. The molecule has 1 rings (SSSR count). The Kier molecular flexibility index (Phi) is 4.93. The standard InChI is InChI=1S/C11H9ClF2O3S/c1-2-3-4-5-17-11-9(14)6-8(13)7-10(11)18(12,15)16/h6-7H,4-5H2,1H3. The number of hydrogen-bond acceptors (Lipinski definition) is 3. The molecule has 0 aliphatic rings. The van der Waals surface area contributed by atoms with Crippen LogP contribution in [0.3, 0.4) is 0 Å². The van der Waals surface area contributed by atoms with Crippen molar-refractivity contribution in [3.8, 4) is 17.6 Å². The Labute approximate surface area is 108 Å². The van der Waals surface area contributed by atoms with Crippen LogP contribution in [0.2, 0.25) is 0 Å². The highest BCUT2D eigenvalue weighted by molar-refractivity contribution is 8.13. The smallest absolute Gasteiger partial charge is 0.265 e. The minimum absolute atomic E-state index is 0.0250. The van der Waals surface area contributed by atoms with E-state index < -0.39 is 31.3 Å². The summed E-state index contributed by atoms with van der Waals surface area (Å²) in [6.07, 6.45) is 0.287. The molecule has 0 atom stereocenters. The first-order valence-electron chi connectivity index (χ1n) is 4.82. The highest BCUT2D eigenvalue weighted by Crippen LogP contribution is 2.30. The second-order valence-electron chi connectivity index (χ2n) is 3.18. The second-order valence-corrected chi connectivity index (χ2v) is 5.71. The molecule has 0 spiro atoms. The lowest BCUT2D eigenvalue weighted by Crippen LogP contribution is -2.04. The van der Waals surface area contributed by atoms with E-state index in [9.17, 15) is 17.2 Å². The number of hydrogen-bond donors (Lipinski definition) is 0. The summed E-state index contributed by atoms with van der Waals surface area (Å²) in [4.78, 5) is -0.730. The molecule has 7 heteroatoms. The Hall–Kier alpha value is -1.32. The van der Waals surface area contributed by atoms with Crippen molar-refractivity contribution in [1.29, 1.82) is 0 Å². The first-order valence-corrected chi connectivity index (χ1v) is 7.13. The Balaban J connectivity index is 3.11. The highest BCUT2D eigenvalue weighted by atomic mass is 35.7. The van der Waals surface area contributed by atoms with E-state index in [1.807, 2.05) is 0 Å². The fraction of sp³-hybridized carbons (Fsp3) is 0.273. The number of rotatable bonds is 4. The largest absolute Gasteiger partial charge is 0.488 e. The van der Waals surface area contributed by atoms with E-state index in [4.69, 9.17) is 15.4 Å². The molecular weight excluding hydrogens is 286 g/mol. The van der Waals surface area contributed by atoms with Crippen molar-refractivity contribution in [3.05, 3.63) is 23.8 Å². The summed E-state index contributed by atoms with van der Waals surface area (Å²) in [5.74, 6) is 2.48. The van der Waals surface area contributed by atoms with Crippen LogP contribution in [-0.2, 0) is 9.05 Å². The molecule has 0 saturated heterocycles. The Morgan fingerprint density at radius 2 is 2.06 bits per heavy atom. The van der Waals surface area contributed by atoms with Gasteiger partial charge in [0, 0.05) is 23.2 Å². The molecule has 0 saturated carbocycles. The Bertz CT molecular complexity index is 603. The molecule has 0 bridgehead atoms. The van der Waals surface area contributed by atoms with Crippen LogP contribution >= 0.6 is 10.7 Å². The monoisotopic (exact) mass is 294 g/mol. The Morgan fingerprint density at radius 1 is 1.39 bits per heavy atom. The summed E-state index contributed by atoms with van der Waals surface area (Å²) in [6.45, 7) is 1.59. The fourth-order valence-corrected chi connectivity index (χ4v) is 2.16. The lowest BCUT2D eigenvalue weighted by molar-refractivity contribution is 0.299. The van der Waals surface area contributed by atoms with E-state index in [1.54, 1.807) is 6.92 Å². The minimum Gasteiger partial charge on any atom is -0.488 e. The van der Waals surface area contributed by atoms with Crippen LogP contribution in [0.25, 0.3) is 0 Å². The maximum atomic E-state index is 13.4. The van der Waals surface area contributed by atoms with Crippen LogP contribution < -0.4 is 4.74 Å². The van der Waals surface area contributed by atoms with Gasteiger partial charge in [0.15, 0.2) is 11.6 Å². The van der Waals surface area contributed by atoms with Crippen LogP contribution in [0.4, 0.5) is 8.78 Å². The average Bonchev–Trinajstić information content (AvgIpc) is 2.24. The molecule has 0 aromatic heterocycles. The molecule has 1 aromatic carbocycles. The summed E-state index contributed by atoms with van der Waals surface area (Å²) in [5, 5.41) is 0.